The van der Waals surface area contributed by atoms with Crippen LogP contribution < -0.4 is 35.3 Å². The quantitative estimate of drug-likeness (QED) is 0.525. The molecule has 0 spiro atoms. The molecule has 3 rings (SSSR count). The van der Waals surface area contributed by atoms with Gasteiger partial charge in [0.2, 0.25) is 5.75 Å². The van der Waals surface area contributed by atoms with Crippen LogP contribution in [0.5, 0.6) is 23.0 Å². The molecule has 0 aliphatic carbocycles. The zero-order valence-corrected chi connectivity index (χ0v) is 17.6. The molecule has 2 aromatic carbocycles. The third-order valence-corrected chi connectivity index (χ3v) is 5.36. The van der Waals surface area contributed by atoms with Gasteiger partial charge in [0, 0.05) is 22.2 Å². The average Bonchev–Trinajstić information content (AvgIpc) is 3.09. The highest BCUT2D eigenvalue weighted by atomic mass is 32.1. The molecule has 1 heterocycles. The summed E-state index contributed by atoms with van der Waals surface area (Å²) in [5.74, 6) is 1.17. The van der Waals surface area contributed by atoms with Crippen LogP contribution in [-0.2, 0) is 0 Å². The van der Waals surface area contributed by atoms with Crippen molar-refractivity contribution in [2.75, 3.05) is 39.1 Å². The van der Waals surface area contributed by atoms with Crippen molar-refractivity contribution in [3.05, 3.63) is 35.9 Å². The van der Waals surface area contributed by atoms with Gasteiger partial charge in [0.1, 0.15) is 10.8 Å². The first-order chi connectivity index (χ1) is 14.4. The number of hydrogen-bond acceptors (Lipinski definition) is 7. The van der Waals surface area contributed by atoms with Crippen molar-refractivity contribution >= 4 is 44.0 Å². The van der Waals surface area contributed by atoms with Crippen LogP contribution >= 0.6 is 11.3 Å². The minimum absolute atomic E-state index is 0.234. The summed E-state index contributed by atoms with van der Waals surface area (Å²) in [7, 11) is 5.99. The first-order valence-electron chi connectivity index (χ1n) is 8.70. The summed E-state index contributed by atoms with van der Waals surface area (Å²) in [6.45, 7) is 0. The number of carbonyl (C=O) groups is 2. The van der Waals surface area contributed by atoms with Gasteiger partial charge in [-0.2, -0.15) is 0 Å². The second-order valence-corrected chi connectivity index (χ2v) is 7.08. The average molecular weight is 431 g/mol. The summed E-state index contributed by atoms with van der Waals surface area (Å²) < 4.78 is 21.8. The summed E-state index contributed by atoms with van der Waals surface area (Å²) in [5, 5.41) is 6.34. The lowest BCUT2D eigenvalue weighted by molar-refractivity contribution is 0.100. The first-order valence-corrected chi connectivity index (χ1v) is 9.51. The Morgan fingerprint density at radius 2 is 1.57 bits per heavy atom. The minimum atomic E-state index is -0.644. The molecule has 4 N–H and O–H groups in total. The first kappa shape index (κ1) is 21.1. The van der Waals surface area contributed by atoms with Crippen molar-refractivity contribution < 1.29 is 28.5 Å². The van der Waals surface area contributed by atoms with Crippen LogP contribution in [0.4, 0.5) is 15.5 Å². The Balaban J connectivity index is 1.90. The molecular formula is C20H21N3O6S. The van der Waals surface area contributed by atoms with E-state index in [9.17, 15) is 9.59 Å². The van der Waals surface area contributed by atoms with E-state index in [1.165, 1.54) is 32.7 Å². The maximum absolute atomic E-state index is 12.6. The van der Waals surface area contributed by atoms with Crippen molar-refractivity contribution in [1.82, 2.24) is 0 Å². The van der Waals surface area contributed by atoms with E-state index in [0.29, 0.717) is 39.1 Å². The molecule has 0 aliphatic heterocycles. The van der Waals surface area contributed by atoms with Gasteiger partial charge in [-0.25, -0.2) is 4.79 Å². The number of fused-ring (bicyclic) bond motifs is 1. The van der Waals surface area contributed by atoms with Gasteiger partial charge >= 0.3 is 6.03 Å². The number of rotatable bonds is 7. The Kier molecular flexibility index (Phi) is 6.17. The zero-order valence-electron chi connectivity index (χ0n) is 16.8. The van der Waals surface area contributed by atoms with E-state index in [4.69, 9.17) is 24.7 Å². The number of nitrogens with one attached hydrogen (secondary N) is 2. The summed E-state index contributed by atoms with van der Waals surface area (Å²) in [5.41, 5.74) is 6.19. The second kappa shape index (κ2) is 8.78. The number of methoxy groups -OCH3 is 4. The molecule has 1 aromatic heterocycles. The zero-order chi connectivity index (χ0) is 21.8. The van der Waals surface area contributed by atoms with E-state index < -0.39 is 11.9 Å². The molecule has 0 bridgehead atoms. The third kappa shape index (κ3) is 4.03. The highest BCUT2D eigenvalue weighted by Gasteiger charge is 2.20. The van der Waals surface area contributed by atoms with Gasteiger partial charge < -0.3 is 30.0 Å². The van der Waals surface area contributed by atoms with Crippen LogP contribution in [0.2, 0.25) is 0 Å². The van der Waals surface area contributed by atoms with E-state index in [-0.39, 0.29) is 5.56 Å². The monoisotopic (exact) mass is 431 g/mol. The number of primary amides is 1. The molecule has 0 saturated carbocycles. The highest BCUT2D eigenvalue weighted by molar-refractivity contribution is 7.23. The Bertz CT molecular complexity index is 1090. The number of benzene rings is 2. The molecule has 0 fully saturated rings. The Morgan fingerprint density at radius 1 is 0.900 bits per heavy atom. The lowest BCUT2D eigenvalue weighted by Crippen LogP contribution is -2.21. The molecule has 158 valence electrons. The number of amides is 3. The van der Waals surface area contributed by atoms with Gasteiger partial charge in [-0.15, -0.1) is 11.3 Å². The van der Waals surface area contributed by atoms with Crippen LogP contribution in [0.15, 0.2) is 30.3 Å². The summed E-state index contributed by atoms with van der Waals surface area (Å²) in [4.78, 5) is 24.6. The number of carbonyl (C=O) groups excluding carboxylic acids is 2. The second-order valence-electron chi connectivity index (χ2n) is 6.03. The van der Waals surface area contributed by atoms with E-state index >= 15 is 0 Å². The van der Waals surface area contributed by atoms with Crippen LogP contribution in [-0.4, -0.2) is 40.4 Å². The highest BCUT2D eigenvalue weighted by Crippen LogP contribution is 2.40. The Hall–Kier alpha value is -3.66. The normalized spacial score (nSPS) is 10.4. The van der Waals surface area contributed by atoms with Crippen LogP contribution in [0.1, 0.15) is 10.4 Å². The number of anilines is 2. The van der Waals surface area contributed by atoms with Gasteiger partial charge in [0.05, 0.1) is 39.7 Å². The van der Waals surface area contributed by atoms with Gasteiger partial charge in [0.25, 0.3) is 5.91 Å². The lowest BCUT2D eigenvalue weighted by Gasteiger charge is -2.14. The maximum atomic E-state index is 12.6. The van der Waals surface area contributed by atoms with Crippen molar-refractivity contribution in [2.45, 2.75) is 0 Å². The standard InChI is InChI=1S/C20H21N3O6S/c1-26-11-5-6-12-15(9-11)30-19(16(12)18(21)24)23-20(25)22-10-7-13(27-2)17(29-4)14(8-10)28-3/h5-9H,1-4H3,(H2,21,24)(H2,22,23,25). The fraction of sp³-hybridized carbons (Fsp3) is 0.200. The summed E-state index contributed by atoms with van der Waals surface area (Å²) >= 11 is 1.22. The van der Waals surface area contributed by atoms with Gasteiger partial charge in [-0.05, 0) is 18.2 Å². The van der Waals surface area contributed by atoms with Crippen molar-refractivity contribution in [3.63, 3.8) is 0 Å². The van der Waals surface area contributed by atoms with Gasteiger partial charge in [-0.1, -0.05) is 0 Å². The van der Waals surface area contributed by atoms with E-state index in [1.807, 2.05) is 0 Å². The molecule has 0 saturated heterocycles. The molecule has 0 aliphatic rings. The fourth-order valence-corrected chi connectivity index (χ4v) is 4.09. The topological polar surface area (TPSA) is 121 Å². The molecule has 0 atom stereocenters. The Labute approximate surface area is 176 Å². The largest absolute Gasteiger partial charge is 0.497 e. The van der Waals surface area contributed by atoms with Crippen molar-refractivity contribution in [1.29, 1.82) is 0 Å². The molecule has 3 amide bonds. The van der Waals surface area contributed by atoms with Crippen LogP contribution in [0.25, 0.3) is 10.1 Å². The molecule has 30 heavy (non-hydrogen) atoms. The molecule has 9 nitrogen and oxygen atoms in total. The van der Waals surface area contributed by atoms with E-state index in [0.717, 1.165) is 4.70 Å². The SMILES string of the molecule is COc1ccc2c(C(N)=O)c(NC(=O)Nc3cc(OC)c(OC)c(OC)c3)sc2c1. The lowest BCUT2D eigenvalue weighted by atomic mass is 10.1. The van der Waals surface area contributed by atoms with Gasteiger partial charge in [-0.3, -0.25) is 10.1 Å². The Morgan fingerprint density at radius 3 is 2.10 bits per heavy atom. The number of hydrogen-bond donors (Lipinski definition) is 3. The van der Waals surface area contributed by atoms with Crippen LogP contribution in [0.3, 0.4) is 0 Å². The maximum Gasteiger partial charge on any atom is 0.324 e. The number of ether oxygens (including phenoxy) is 4. The summed E-state index contributed by atoms with van der Waals surface area (Å²) in [6.07, 6.45) is 0. The van der Waals surface area contributed by atoms with Gasteiger partial charge in [0.15, 0.2) is 11.5 Å². The number of nitrogens with two attached hydrogens (primary N) is 1. The number of urea groups is 1. The minimum Gasteiger partial charge on any atom is -0.497 e. The molecule has 3 aromatic rings. The summed E-state index contributed by atoms with van der Waals surface area (Å²) in [6, 6.07) is 7.84. The van der Waals surface area contributed by atoms with E-state index in [2.05, 4.69) is 10.6 Å². The van der Waals surface area contributed by atoms with Crippen molar-refractivity contribution in [3.8, 4) is 23.0 Å². The van der Waals surface area contributed by atoms with Crippen LogP contribution in [0, 0.1) is 0 Å². The molecule has 10 heteroatoms. The smallest absolute Gasteiger partial charge is 0.324 e. The molecule has 0 radical (unpaired) electrons. The predicted molar refractivity (Wildman–Crippen MR) is 116 cm³/mol. The third-order valence-electron chi connectivity index (χ3n) is 4.29. The van der Waals surface area contributed by atoms with Crippen molar-refractivity contribution in [2.24, 2.45) is 5.73 Å². The fourth-order valence-electron chi connectivity index (χ4n) is 2.96. The molecular weight excluding hydrogens is 410 g/mol. The predicted octanol–water partition coefficient (Wildman–Crippen LogP) is 3.68. The van der Waals surface area contributed by atoms with E-state index in [1.54, 1.807) is 37.4 Å². The number of thiophene rings is 1. The molecule has 0 unspecified atom stereocenters.